The molecule has 3 heterocycles. The molecule has 27 heavy (non-hydrogen) atoms. The predicted octanol–water partition coefficient (Wildman–Crippen LogP) is 1.48. The van der Waals surface area contributed by atoms with Gasteiger partial charge in [-0.3, -0.25) is 14.4 Å². The molecule has 0 spiro atoms. The Kier molecular flexibility index (Phi) is 4.53. The van der Waals surface area contributed by atoms with Gasteiger partial charge in [0, 0.05) is 37.5 Å². The summed E-state index contributed by atoms with van der Waals surface area (Å²) in [6.07, 6.45) is 3.25. The Morgan fingerprint density at radius 2 is 2.04 bits per heavy atom. The fraction of sp³-hybridized carbons (Fsp3) is 0.550. The average Bonchev–Trinajstić information content (AvgIpc) is 2.98. The van der Waals surface area contributed by atoms with Crippen molar-refractivity contribution in [2.45, 2.75) is 31.6 Å². The molecule has 1 aromatic carbocycles. The fourth-order valence-corrected chi connectivity index (χ4v) is 4.50. The molecule has 1 N–H and O–H groups in total. The second-order valence-corrected chi connectivity index (χ2v) is 7.74. The van der Waals surface area contributed by atoms with Gasteiger partial charge in [0.25, 0.3) is 0 Å². The minimum absolute atomic E-state index is 0.0130. The van der Waals surface area contributed by atoms with Crippen molar-refractivity contribution in [3.05, 3.63) is 29.8 Å². The van der Waals surface area contributed by atoms with Gasteiger partial charge in [-0.25, -0.2) is 0 Å². The van der Waals surface area contributed by atoms with Crippen molar-refractivity contribution >= 4 is 17.8 Å². The normalized spacial score (nSPS) is 27.4. The molecule has 0 bridgehead atoms. The summed E-state index contributed by atoms with van der Waals surface area (Å²) in [7, 11) is 0. The number of carbonyl (C=O) groups excluding carboxylic acids is 2. The van der Waals surface area contributed by atoms with Crippen molar-refractivity contribution in [1.82, 2.24) is 9.80 Å². The first kappa shape index (κ1) is 17.8. The zero-order valence-corrected chi connectivity index (χ0v) is 15.2. The van der Waals surface area contributed by atoms with Gasteiger partial charge in [0.05, 0.1) is 6.54 Å². The smallest absolute Gasteiger partial charge is 0.315 e. The zero-order chi connectivity index (χ0) is 19.0. The lowest BCUT2D eigenvalue weighted by Gasteiger charge is -2.35. The van der Waals surface area contributed by atoms with Gasteiger partial charge in [0.1, 0.15) is 17.8 Å². The van der Waals surface area contributed by atoms with Crippen LogP contribution < -0.4 is 4.74 Å². The SMILES string of the molecule is O=C1CCCCCN1CC(=O)N1C[C@H]2c3ccccc3OC[C@@]2(C(=O)O)C1. The largest absolute Gasteiger partial charge is 0.492 e. The quantitative estimate of drug-likeness (QED) is 0.868. The fourth-order valence-electron chi connectivity index (χ4n) is 4.50. The highest BCUT2D eigenvalue weighted by Crippen LogP contribution is 2.49. The minimum Gasteiger partial charge on any atom is -0.492 e. The number of carbonyl (C=O) groups is 3. The summed E-state index contributed by atoms with van der Waals surface area (Å²) in [6, 6.07) is 7.43. The van der Waals surface area contributed by atoms with Gasteiger partial charge in [0.15, 0.2) is 0 Å². The third kappa shape index (κ3) is 3.05. The molecule has 0 aromatic heterocycles. The molecule has 2 saturated heterocycles. The summed E-state index contributed by atoms with van der Waals surface area (Å²) < 4.78 is 5.73. The van der Waals surface area contributed by atoms with Crippen LogP contribution in [0.5, 0.6) is 5.75 Å². The molecular weight excluding hydrogens is 348 g/mol. The first-order valence-corrected chi connectivity index (χ1v) is 9.52. The maximum atomic E-state index is 12.9. The second-order valence-electron chi connectivity index (χ2n) is 7.74. The summed E-state index contributed by atoms with van der Waals surface area (Å²) in [6.45, 7) is 1.13. The molecule has 2 amide bonds. The second kappa shape index (κ2) is 6.87. The number of likely N-dealkylation sites (tertiary alicyclic amines) is 2. The van der Waals surface area contributed by atoms with Crippen LogP contribution in [0.25, 0.3) is 0 Å². The third-order valence-electron chi connectivity index (χ3n) is 6.10. The van der Waals surface area contributed by atoms with Crippen molar-refractivity contribution < 1.29 is 24.2 Å². The Hall–Kier alpha value is -2.57. The molecule has 7 nitrogen and oxygen atoms in total. The van der Waals surface area contributed by atoms with Crippen LogP contribution >= 0.6 is 0 Å². The Morgan fingerprint density at radius 1 is 1.22 bits per heavy atom. The van der Waals surface area contributed by atoms with E-state index < -0.39 is 11.4 Å². The molecular formula is C20H24N2O5. The van der Waals surface area contributed by atoms with Crippen molar-refractivity contribution in [3.8, 4) is 5.75 Å². The van der Waals surface area contributed by atoms with Gasteiger partial charge in [0.2, 0.25) is 11.8 Å². The standard InChI is InChI=1S/C20H24N2O5/c23-17-8-2-1-5-9-21(17)11-18(24)22-10-15-14-6-3-4-7-16(14)27-13-20(15,12-22)19(25)26/h3-4,6-7,15H,1-2,5,8-13H2,(H,25,26)/t15-,20-/m0/s1. The molecule has 144 valence electrons. The number of hydrogen-bond acceptors (Lipinski definition) is 4. The van der Waals surface area contributed by atoms with Crippen LogP contribution in [-0.4, -0.2) is 65.5 Å². The number of amides is 2. The van der Waals surface area contributed by atoms with E-state index >= 15 is 0 Å². The number of rotatable bonds is 3. The van der Waals surface area contributed by atoms with Crippen LogP contribution in [0.4, 0.5) is 0 Å². The highest BCUT2D eigenvalue weighted by atomic mass is 16.5. The minimum atomic E-state index is -1.13. The van der Waals surface area contributed by atoms with E-state index in [4.69, 9.17) is 4.74 Å². The van der Waals surface area contributed by atoms with E-state index in [0.29, 0.717) is 25.3 Å². The molecule has 1 aromatic rings. The monoisotopic (exact) mass is 372 g/mol. The Balaban J connectivity index is 1.55. The zero-order valence-electron chi connectivity index (χ0n) is 15.2. The maximum Gasteiger partial charge on any atom is 0.315 e. The van der Waals surface area contributed by atoms with E-state index in [0.717, 1.165) is 24.8 Å². The summed E-state index contributed by atoms with van der Waals surface area (Å²) in [5, 5.41) is 9.94. The topological polar surface area (TPSA) is 87.2 Å². The maximum absolute atomic E-state index is 12.9. The molecule has 3 aliphatic heterocycles. The first-order valence-electron chi connectivity index (χ1n) is 9.52. The van der Waals surface area contributed by atoms with Gasteiger partial charge < -0.3 is 19.6 Å². The van der Waals surface area contributed by atoms with Crippen LogP contribution in [0.1, 0.15) is 37.2 Å². The number of ether oxygens (including phenoxy) is 1. The van der Waals surface area contributed by atoms with Gasteiger partial charge in [-0.15, -0.1) is 0 Å². The molecule has 2 fully saturated rings. The Morgan fingerprint density at radius 3 is 2.85 bits per heavy atom. The van der Waals surface area contributed by atoms with E-state index in [9.17, 15) is 19.5 Å². The van der Waals surface area contributed by atoms with Crippen molar-refractivity contribution in [2.24, 2.45) is 5.41 Å². The van der Waals surface area contributed by atoms with E-state index in [1.54, 1.807) is 9.80 Å². The lowest BCUT2D eigenvalue weighted by atomic mass is 9.73. The molecule has 0 saturated carbocycles. The number of hydrogen-bond donors (Lipinski definition) is 1. The molecule has 3 aliphatic rings. The molecule has 0 aliphatic carbocycles. The number of nitrogens with zero attached hydrogens (tertiary/aromatic N) is 2. The number of carboxylic acids is 1. The first-order chi connectivity index (χ1) is 13.0. The highest BCUT2D eigenvalue weighted by Gasteiger charge is 2.57. The van der Waals surface area contributed by atoms with Crippen LogP contribution in [0, 0.1) is 5.41 Å². The molecule has 7 heteroatoms. The van der Waals surface area contributed by atoms with Gasteiger partial charge in [-0.1, -0.05) is 24.6 Å². The van der Waals surface area contributed by atoms with Crippen LogP contribution in [0.3, 0.4) is 0 Å². The van der Waals surface area contributed by atoms with E-state index in [1.807, 2.05) is 24.3 Å². The number of para-hydroxylation sites is 1. The summed E-state index contributed by atoms with van der Waals surface area (Å²) >= 11 is 0. The molecule has 2 atom stereocenters. The highest BCUT2D eigenvalue weighted by molar-refractivity contribution is 5.87. The van der Waals surface area contributed by atoms with Crippen molar-refractivity contribution in [1.29, 1.82) is 0 Å². The number of fused-ring (bicyclic) bond motifs is 3. The third-order valence-corrected chi connectivity index (χ3v) is 6.10. The lowest BCUT2D eigenvalue weighted by molar-refractivity contribution is -0.152. The average molecular weight is 372 g/mol. The summed E-state index contributed by atoms with van der Waals surface area (Å²) in [5.41, 5.74) is -0.292. The lowest BCUT2D eigenvalue weighted by Crippen LogP contribution is -2.47. The van der Waals surface area contributed by atoms with Gasteiger partial charge in [-0.2, -0.15) is 0 Å². The Bertz CT molecular complexity index is 779. The van der Waals surface area contributed by atoms with Gasteiger partial charge in [-0.05, 0) is 18.9 Å². The molecule has 0 radical (unpaired) electrons. The summed E-state index contributed by atoms with van der Waals surface area (Å²) in [4.78, 5) is 40.4. The van der Waals surface area contributed by atoms with Crippen LogP contribution in [0.2, 0.25) is 0 Å². The van der Waals surface area contributed by atoms with Crippen molar-refractivity contribution in [3.63, 3.8) is 0 Å². The number of benzene rings is 1. The Labute approximate surface area is 157 Å². The molecule has 4 rings (SSSR count). The van der Waals surface area contributed by atoms with Crippen LogP contribution in [-0.2, 0) is 14.4 Å². The van der Waals surface area contributed by atoms with Gasteiger partial charge >= 0.3 is 5.97 Å². The van der Waals surface area contributed by atoms with E-state index in [-0.39, 0.29) is 37.4 Å². The van der Waals surface area contributed by atoms with Crippen LogP contribution in [0.15, 0.2) is 24.3 Å². The summed E-state index contributed by atoms with van der Waals surface area (Å²) in [5.74, 6) is -0.722. The van der Waals surface area contributed by atoms with Crippen molar-refractivity contribution in [2.75, 3.05) is 32.8 Å². The number of carboxylic acid groups (broad SMARTS) is 1. The molecule has 0 unspecified atom stereocenters. The van der Waals surface area contributed by atoms with E-state index in [1.165, 1.54) is 0 Å². The number of aliphatic carboxylic acids is 1. The van der Waals surface area contributed by atoms with E-state index in [2.05, 4.69) is 0 Å². The predicted molar refractivity (Wildman–Crippen MR) is 96.4 cm³/mol.